The lowest BCUT2D eigenvalue weighted by Crippen LogP contribution is -2.53. The summed E-state index contributed by atoms with van der Waals surface area (Å²) in [6, 6.07) is 3.76. The first-order valence-corrected chi connectivity index (χ1v) is 16.6. The number of likely N-dealkylation sites (tertiary alicyclic amines) is 1. The fourth-order valence-corrected chi connectivity index (χ4v) is 5.81. The van der Waals surface area contributed by atoms with Gasteiger partial charge in [-0.1, -0.05) is 18.9 Å². The second-order valence-corrected chi connectivity index (χ2v) is 12.3. The van der Waals surface area contributed by atoms with Crippen molar-refractivity contribution in [3.05, 3.63) is 24.2 Å². The minimum Gasteiger partial charge on any atom is -0.464 e. The Hall–Kier alpha value is -3.95. The molecule has 3 rings (SSSR count). The van der Waals surface area contributed by atoms with Crippen LogP contribution in [0.25, 0.3) is 5.52 Å². The lowest BCUT2D eigenvalue weighted by Gasteiger charge is -2.35. The number of hydrogen-bond donors (Lipinski definition) is 2. The Labute approximate surface area is 281 Å². The maximum Gasteiger partial charge on any atom is 0.613 e. The van der Waals surface area contributed by atoms with E-state index in [-0.39, 0.29) is 50.0 Å². The summed E-state index contributed by atoms with van der Waals surface area (Å²) in [5, 5.41) is 17.0. The van der Waals surface area contributed by atoms with Gasteiger partial charge in [-0.25, -0.2) is 9.50 Å². The van der Waals surface area contributed by atoms with Gasteiger partial charge < -0.3 is 24.7 Å². The maximum atomic E-state index is 12.9. The number of esters is 3. The molecule has 0 aromatic carbocycles. The largest absolute Gasteiger partial charge is 0.613 e. The predicted octanol–water partition coefficient (Wildman–Crippen LogP) is 3.01. The van der Waals surface area contributed by atoms with Crippen LogP contribution in [0.4, 0.5) is 19.0 Å². The third kappa shape index (κ3) is 10.8. The first kappa shape index (κ1) is 39.5. The highest BCUT2D eigenvalue weighted by atomic mass is 31.1. The summed E-state index contributed by atoms with van der Waals surface area (Å²) in [4.78, 5) is 43.1. The van der Waals surface area contributed by atoms with Gasteiger partial charge in [-0.2, -0.15) is 23.5 Å². The molecule has 0 spiro atoms. The number of nitrogens with two attached hydrogens (primary N) is 1. The van der Waals surface area contributed by atoms with Crippen molar-refractivity contribution >= 4 is 37.4 Å². The number of fused-ring (bicyclic) bond motifs is 1. The fraction of sp³-hybridized carbons (Fsp3) is 0.655. The van der Waals surface area contributed by atoms with E-state index >= 15 is 0 Å². The average molecular weight is 719 g/mol. The van der Waals surface area contributed by atoms with E-state index in [0.717, 1.165) is 13.4 Å². The Kier molecular flexibility index (Phi) is 14.2. The molecule has 1 aliphatic rings. The second-order valence-electron chi connectivity index (χ2n) is 11.3. The lowest BCUT2D eigenvalue weighted by atomic mass is 9.92. The molecule has 1 saturated heterocycles. The van der Waals surface area contributed by atoms with E-state index in [2.05, 4.69) is 15.2 Å². The number of alkyl halides is 3. The number of anilines is 1. The quantitative estimate of drug-likeness (QED) is 0.137. The molecule has 1 unspecified atom stereocenters. The van der Waals surface area contributed by atoms with E-state index in [1.165, 1.54) is 42.3 Å². The van der Waals surface area contributed by atoms with Crippen LogP contribution in [0.2, 0.25) is 0 Å². The van der Waals surface area contributed by atoms with Crippen molar-refractivity contribution < 1.29 is 55.6 Å². The zero-order valence-corrected chi connectivity index (χ0v) is 28.4. The van der Waals surface area contributed by atoms with Crippen LogP contribution >= 0.6 is 8.18 Å². The van der Waals surface area contributed by atoms with Crippen LogP contribution in [0, 0.1) is 17.2 Å². The van der Waals surface area contributed by atoms with Crippen molar-refractivity contribution in [3.63, 3.8) is 0 Å². The number of nitriles is 1. The topological polar surface area (TPSA) is 210 Å². The lowest BCUT2D eigenvalue weighted by molar-refractivity contribution is -0.193. The molecule has 0 amide bonds. The zero-order valence-electron chi connectivity index (χ0n) is 27.5. The van der Waals surface area contributed by atoms with Gasteiger partial charge in [-0.05, 0) is 55.5 Å². The Balaban J connectivity index is 1.73. The molecule has 0 bridgehead atoms. The number of rotatable bonds is 17. The Morgan fingerprint density at radius 2 is 1.82 bits per heavy atom. The normalized spacial score (nSPS) is 17.7. The number of aromatic nitrogens is 3. The molecule has 49 heavy (non-hydrogen) atoms. The fourth-order valence-electron chi connectivity index (χ4n) is 5.01. The molecule has 2 aromatic rings. The van der Waals surface area contributed by atoms with E-state index in [0.29, 0.717) is 18.4 Å². The highest BCUT2D eigenvalue weighted by Gasteiger charge is 2.52. The Morgan fingerprint density at radius 1 is 1.16 bits per heavy atom. The van der Waals surface area contributed by atoms with E-state index in [9.17, 15) is 37.4 Å². The summed E-state index contributed by atoms with van der Waals surface area (Å²) in [6.07, 6.45) is -5.75. The summed E-state index contributed by atoms with van der Waals surface area (Å²) in [6.45, 7) is 2.99. The highest BCUT2D eigenvalue weighted by molar-refractivity contribution is 7.36. The van der Waals surface area contributed by atoms with Gasteiger partial charge in [0.25, 0.3) is 0 Å². The van der Waals surface area contributed by atoms with Crippen molar-refractivity contribution in [2.45, 2.75) is 76.5 Å². The summed E-state index contributed by atoms with van der Waals surface area (Å²) in [5.41, 5.74) is 4.20. The summed E-state index contributed by atoms with van der Waals surface area (Å²) in [5.74, 6) is -2.35. The number of methoxy groups -OCH3 is 1. The molecule has 3 N–H and O–H groups in total. The number of carbonyl (C=O) groups is 3. The van der Waals surface area contributed by atoms with Crippen molar-refractivity contribution in [2.75, 3.05) is 45.7 Å². The zero-order chi connectivity index (χ0) is 36.4. The van der Waals surface area contributed by atoms with Gasteiger partial charge in [-0.3, -0.25) is 19.3 Å². The van der Waals surface area contributed by atoms with Gasteiger partial charge >= 0.3 is 32.3 Å². The van der Waals surface area contributed by atoms with Crippen LogP contribution in [-0.4, -0.2) is 101 Å². The van der Waals surface area contributed by atoms with Crippen LogP contribution in [0.15, 0.2) is 18.5 Å². The molecule has 0 radical (unpaired) electrons. The molecular weight excluding hydrogens is 678 g/mol. The maximum absolute atomic E-state index is 12.9. The SMILES string of the molecule is CCC(=O)O[C@@H](c1ccc2c(N)ncnn12)[C@H](OC(=O)CC)[C@@](C#N)(CO[P+](=O)N[C@@H](C)C(=O)OCC1CCN(CC(F)(F)F)CC1)OC. The van der Waals surface area contributed by atoms with Crippen LogP contribution in [0.3, 0.4) is 0 Å². The van der Waals surface area contributed by atoms with Crippen LogP contribution in [0.1, 0.15) is 58.3 Å². The smallest absolute Gasteiger partial charge is 0.464 e. The molecule has 20 heteroatoms. The number of halogens is 3. The van der Waals surface area contributed by atoms with Gasteiger partial charge in [0.05, 0.1) is 18.8 Å². The third-order valence-corrected chi connectivity index (χ3v) is 8.77. The number of nitrogens with one attached hydrogen (secondary N) is 1. The third-order valence-electron chi connectivity index (χ3n) is 7.81. The minimum absolute atomic E-state index is 0.0308. The van der Waals surface area contributed by atoms with E-state index in [1.54, 1.807) is 0 Å². The van der Waals surface area contributed by atoms with Gasteiger partial charge in [0.2, 0.25) is 5.60 Å². The molecular formula is C29H40F3N7O9P+. The molecule has 16 nitrogen and oxygen atoms in total. The van der Waals surface area contributed by atoms with Crippen molar-refractivity contribution in [2.24, 2.45) is 5.92 Å². The van der Waals surface area contributed by atoms with E-state index < -0.39 is 69.3 Å². The van der Waals surface area contributed by atoms with Gasteiger partial charge in [-0.15, -0.1) is 4.52 Å². The number of nitrogens with zero attached hydrogens (tertiary/aromatic N) is 5. The van der Waals surface area contributed by atoms with Crippen molar-refractivity contribution in [3.8, 4) is 6.07 Å². The number of piperidine rings is 1. The van der Waals surface area contributed by atoms with E-state index in [1.807, 2.05) is 6.07 Å². The van der Waals surface area contributed by atoms with Crippen molar-refractivity contribution in [1.29, 1.82) is 5.26 Å². The number of nitrogen functional groups attached to an aromatic ring is 1. The first-order chi connectivity index (χ1) is 23.2. The Morgan fingerprint density at radius 3 is 2.41 bits per heavy atom. The predicted molar refractivity (Wildman–Crippen MR) is 164 cm³/mol. The standard InChI is InChI=1S/C29H40F3N7O9P/c1-5-22(40)47-24(20-7-8-21-26(34)35-17-36-39(20)21)25(48-23(41)6-2)28(14-33,44-4)16-46-49(43)37-18(3)27(42)45-13-19-9-11-38(12-10-19)15-29(30,31)32/h7-8,17-19,24-25H,5-6,9-13,15-16H2,1-4H3,(H,37,43)(H2,34,35,36)/q+1/t18-,24-,25-,28+/m0/s1. The summed E-state index contributed by atoms with van der Waals surface area (Å²) in [7, 11) is -1.76. The molecule has 2 aromatic heterocycles. The molecule has 0 saturated carbocycles. The summed E-state index contributed by atoms with van der Waals surface area (Å²) >= 11 is 0. The molecule has 1 aliphatic heterocycles. The second kappa shape index (κ2) is 17.6. The van der Waals surface area contributed by atoms with Gasteiger partial charge in [0.15, 0.2) is 24.6 Å². The first-order valence-electron chi connectivity index (χ1n) is 15.4. The van der Waals surface area contributed by atoms with Crippen molar-refractivity contribution in [1.82, 2.24) is 24.6 Å². The summed E-state index contributed by atoms with van der Waals surface area (Å²) < 4.78 is 79.8. The average Bonchev–Trinajstić information content (AvgIpc) is 3.51. The molecule has 0 aliphatic carbocycles. The van der Waals surface area contributed by atoms with E-state index in [4.69, 9.17) is 29.2 Å². The molecule has 1 fully saturated rings. The number of hydrogen-bond acceptors (Lipinski definition) is 14. The van der Waals surface area contributed by atoms with Crippen LogP contribution < -0.4 is 10.8 Å². The molecule has 270 valence electrons. The van der Waals surface area contributed by atoms with Crippen LogP contribution in [0.5, 0.6) is 0 Å². The molecule has 3 heterocycles. The van der Waals surface area contributed by atoms with Gasteiger partial charge in [0, 0.05) is 20.0 Å². The number of carbonyl (C=O) groups excluding carboxylic acids is 3. The molecule has 5 atom stereocenters. The Bertz CT molecular complexity index is 1510. The minimum atomic E-state index is -4.29. The van der Waals surface area contributed by atoms with Gasteiger partial charge in [0.1, 0.15) is 24.0 Å². The van der Waals surface area contributed by atoms with Crippen LogP contribution in [-0.2, 0) is 42.4 Å². The highest BCUT2D eigenvalue weighted by Crippen LogP contribution is 2.36. The monoisotopic (exact) mass is 718 g/mol. The number of ether oxygens (including phenoxy) is 4.